The molecular weight excluding hydrogens is 316 g/mol. The lowest BCUT2D eigenvalue weighted by Gasteiger charge is -2.07. The van der Waals surface area contributed by atoms with E-state index in [1.165, 1.54) is 11.3 Å². The summed E-state index contributed by atoms with van der Waals surface area (Å²) in [7, 11) is 1.58. The Morgan fingerprint density at radius 1 is 1.48 bits per heavy atom. The summed E-state index contributed by atoms with van der Waals surface area (Å²) in [5, 5.41) is 2.98. The first kappa shape index (κ1) is 17.2. The summed E-state index contributed by atoms with van der Waals surface area (Å²) in [4.78, 5) is 26.7. The molecule has 1 unspecified atom stereocenters. The molecule has 0 saturated carbocycles. The number of primary amides is 1. The fraction of sp³-hybridized carbons (Fsp3) is 0.250. The van der Waals surface area contributed by atoms with Crippen molar-refractivity contribution >= 4 is 50.9 Å². The van der Waals surface area contributed by atoms with Gasteiger partial charge >= 0.3 is 0 Å². The van der Waals surface area contributed by atoms with Crippen LogP contribution < -0.4 is 21.5 Å². The first-order valence-electron chi connectivity index (χ1n) is 5.79. The lowest BCUT2D eigenvalue weighted by atomic mass is 10.2. The minimum Gasteiger partial charge on any atom is -0.497 e. The number of nitrogens with one attached hydrogen (secondary N) is 1. The number of halogens is 1. The highest BCUT2D eigenvalue weighted by Crippen LogP contribution is 2.29. The fourth-order valence-corrected chi connectivity index (χ4v) is 2.49. The first-order chi connectivity index (χ1) is 9.49. The summed E-state index contributed by atoms with van der Waals surface area (Å²) in [6.07, 6.45) is -0.204. The topological polar surface area (TPSA) is 120 Å². The number of nitrogens with two attached hydrogens (primary N) is 2. The van der Waals surface area contributed by atoms with Crippen LogP contribution in [0.4, 0.5) is 5.13 Å². The number of thiazole rings is 1. The molecular formula is C12H15ClN4O3S. The maximum Gasteiger partial charge on any atom is 0.243 e. The van der Waals surface area contributed by atoms with Crippen molar-refractivity contribution in [2.45, 2.75) is 12.5 Å². The van der Waals surface area contributed by atoms with Gasteiger partial charge in [0.05, 0.1) is 29.8 Å². The number of ether oxygens (including phenoxy) is 1. The lowest BCUT2D eigenvalue weighted by Crippen LogP contribution is -2.38. The van der Waals surface area contributed by atoms with Gasteiger partial charge in [-0.2, -0.15) is 0 Å². The Morgan fingerprint density at radius 3 is 2.81 bits per heavy atom. The third-order valence-electron chi connectivity index (χ3n) is 2.58. The molecule has 0 aliphatic heterocycles. The minimum atomic E-state index is -0.978. The highest BCUT2D eigenvalue weighted by Gasteiger charge is 2.17. The van der Waals surface area contributed by atoms with E-state index in [-0.39, 0.29) is 18.8 Å². The molecule has 0 aliphatic carbocycles. The number of amides is 2. The number of fused-ring (bicyclic) bond motifs is 1. The number of nitrogens with zero attached hydrogens (tertiary/aromatic N) is 1. The Kier molecular flexibility index (Phi) is 5.89. The Morgan fingerprint density at radius 2 is 2.19 bits per heavy atom. The van der Waals surface area contributed by atoms with E-state index < -0.39 is 17.9 Å². The number of rotatable bonds is 5. The fourth-order valence-electron chi connectivity index (χ4n) is 1.59. The molecule has 114 valence electrons. The van der Waals surface area contributed by atoms with Gasteiger partial charge in [-0.15, -0.1) is 12.4 Å². The van der Waals surface area contributed by atoms with Crippen LogP contribution in [0.25, 0.3) is 10.2 Å². The predicted molar refractivity (Wildman–Crippen MR) is 83.8 cm³/mol. The number of carbonyl (C=O) groups is 2. The zero-order valence-electron chi connectivity index (χ0n) is 11.2. The van der Waals surface area contributed by atoms with Crippen molar-refractivity contribution in [1.29, 1.82) is 0 Å². The molecule has 2 aromatic rings. The number of carbonyl (C=O) groups excluding carboxylic acids is 2. The van der Waals surface area contributed by atoms with Gasteiger partial charge in [0.15, 0.2) is 5.13 Å². The van der Waals surface area contributed by atoms with Gasteiger partial charge in [0.25, 0.3) is 0 Å². The SMILES string of the molecule is COc1ccc2nc(NC(=O)C(N)CC(N)=O)sc2c1.Cl. The lowest BCUT2D eigenvalue weighted by molar-refractivity contribution is -0.123. The molecule has 0 spiro atoms. The molecule has 21 heavy (non-hydrogen) atoms. The summed E-state index contributed by atoms with van der Waals surface area (Å²) in [6.45, 7) is 0. The highest BCUT2D eigenvalue weighted by atomic mass is 35.5. The Balaban J connectivity index is 0.00000220. The first-order valence-corrected chi connectivity index (χ1v) is 6.60. The van der Waals surface area contributed by atoms with Crippen LogP contribution in [-0.4, -0.2) is 29.9 Å². The van der Waals surface area contributed by atoms with Crippen LogP contribution >= 0.6 is 23.7 Å². The van der Waals surface area contributed by atoms with E-state index in [1.54, 1.807) is 19.2 Å². The number of benzene rings is 1. The van der Waals surface area contributed by atoms with E-state index in [9.17, 15) is 9.59 Å². The van der Waals surface area contributed by atoms with Crippen LogP contribution in [-0.2, 0) is 9.59 Å². The molecule has 9 heteroatoms. The van der Waals surface area contributed by atoms with Crippen LogP contribution in [0.1, 0.15) is 6.42 Å². The Bertz CT molecular complexity index is 661. The average Bonchev–Trinajstić information content (AvgIpc) is 2.78. The maximum absolute atomic E-state index is 11.7. The third kappa shape index (κ3) is 4.28. The molecule has 1 aromatic carbocycles. The minimum absolute atomic E-state index is 0. The summed E-state index contributed by atoms with van der Waals surface area (Å²) in [6, 6.07) is 4.43. The van der Waals surface area contributed by atoms with Crippen molar-refractivity contribution in [3.05, 3.63) is 18.2 Å². The van der Waals surface area contributed by atoms with Crippen molar-refractivity contribution in [3.8, 4) is 5.75 Å². The van der Waals surface area contributed by atoms with Crippen molar-refractivity contribution in [1.82, 2.24) is 4.98 Å². The largest absolute Gasteiger partial charge is 0.497 e. The standard InChI is InChI=1S/C12H14N4O3S.ClH/c1-19-6-2-3-8-9(4-6)20-12(15-8)16-11(18)7(13)5-10(14)17;/h2-4,7H,5,13H2,1H3,(H2,14,17)(H,15,16,18);1H. The summed E-state index contributed by atoms with van der Waals surface area (Å²) in [5.41, 5.74) is 11.3. The van der Waals surface area contributed by atoms with Gasteiger partial charge in [-0.25, -0.2) is 4.98 Å². The van der Waals surface area contributed by atoms with Crippen LogP contribution in [0.3, 0.4) is 0 Å². The maximum atomic E-state index is 11.7. The number of aromatic nitrogens is 1. The molecule has 0 saturated heterocycles. The van der Waals surface area contributed by atoms with Gasteiger partial charge in [0, 0.05) is 0 Å². The number of hydrogen-bond donors (Lipinski definition) is 3. The van der Waals surface area contributed by atoms with Crippen molar-refractivity contribution < 1.29 is 14.3 Å². The zero-order chi connectivity index (χ0) is 14.7. The summed E-state index contributed by atoms with van der Waals surface area (Å²) in [5.74, 6) is -0.402. The zero-order valence-corrected chi connectivity index (χ0v) is 12.8. The normalized spacial score (nSPS) is 11.5. The van der Waals surface area contributed by atoms with E-state index in [0.717, 1.165) is 10.2 Å². The molecule has 0 aliphatic rings. The summed E-state index contributed by atoms with van der Waals surface area (Å²) < 4.78 is 5.99. The van der Waals surface area contributed by atoms with Gasteiger partial charge in [0.2, 0.25) is 11.8 Å². The molecule has 1 aromatic heterocycles. The number of anilines is 1. The van der Waals surface area contributed by atoms with Crippen LogP contribution in [0.5, 0.6) is 5.75 Å². The van der Waals surface area contributed by atoms with E-state index >= 15 is 0 Å². The van der Waals surface area contributed by atoms with E-state index in [4.69, 9.17) is 16.2 Å². The molecule has 0 bridgehead atoms. The predicted octanol–water partition coefficient (Wildman–Crippen LogP) is 0.868. The second-order valence-electron chi connectivity index (χ2n) is 4.12. The monoisotopic (exact) mass is 330 g/mol. The summed E-state index contributed by atoms with van der Waals surface area (Å²) >= 11 is 1.30. The molecule has 2 rings (SSSR count). The van der Waals surface area contributed by atoms with Crippen molar-refractivity contribution in [2.24, 2.45) is 11.5 Å². The Hall–Kier alpha value is -1.90. The van der Waals surface area contributed by atoms with E-state index in [2.05, 4.69) is 10.3 Å². The van der Waals surface area contributed by atoms with Crippen molar-refractivity contribution in [3.63, 3.8) is 0 Å². The Labute approximate surface area is 131 Å². The average molecular weight is 331 g/mol. The van der Waals surface area contributed by atoms with Crippen LogP contribution in [0.2, 0.25) is 0 Å². The molecule has 0 radical (unpaired) electrons. The van der Waals surface area contributed by atoms with E-state index in [0.29, 0.717) is 10.9 Å². The van der Waals surface area contributed by atoms with Gasteiger partial charge in [-0.05, 0) is 18.2 Å². The molecule has 0 fully saturated rings. The van der Waals surface area contributed by atoms with Gasteiger partial charge in [-0.1, -0.05) is 11.3 Å². The molecule has 2 amide bonds. The van der Waals surface area contributed by atoms with Gasteiger partial charge in [0.1, 0.15) is 5.75 Å². The second-order valence-corrected chi connectivity index (χ2v) is 5.15. The van der Waals surface area contributed by atoms with Crippen molar-refractivity contribution in [2.75, 3.05) is 12.4 Å². The van der Waals surface area contributed by atoms with Gasteiger partial charge in [-0.3, -0.25) is 9.59 Å². The molecule has 7 nitrogen and oxygen atoms in total. The highest BCUT2D eigenvalue weighted by molar-refractivity contribution is 7.22. The molecule has 1 heterocycles. The number of methoxy groups -OCH3 is 1. The smallest absolute Gasteiger partial charge is 0.243 e. The van der Waals surface area contributed by atoms with Gasteiger partial charge < -0.3 is 21.5 Å². The van der Waals surface area contributed by atoms with E-state index in [1.807, 2.05) is 6.07 Å². The second kappa shape index (κ2) is 7.21. The van der Waals surface area contributed by atoms with Crippen LogP contribution in [0.15, 0.2) is 18.2 Å². The number of hydrogen-bond acceptors (Lipinski definition) is 6. The quantitative estimate of drug-likeness (QED) is 0.751. The third-order valence-corrected chi connectivity index (χ3v) is 3.52. The van der Waals surface area contributed by atoms with Crippen LogP contribution in [0, 0.1) is 0 Å². The molecule has 1 atom stereocenters. The molecule has 5 N–H and O–H groups in total.